The molecule has 0 spiro atoms. The number of benzene rings is 1. The first-order valence-corrected chi connectivity index (χ1v) is 7.17. The number of hydrogen-bond acceptors (Lipinski definition) is 3. The largest absolute Gasteiger partial charge is 0.478 e. The van der Waals surface area contributed by atoms with Crippen LogP contribution in [0.25, 0.3) is 0 Å². The summed E-state index contributed by atoms with van der Waals surface area (Å²) in [5.41, 5.74) is -0.409. The number of nitrogens with one attached hydrogen (secondary N) is 1. The molecule has 19 heavy (non-hydrogen) atoms. The monoisotopic (exact) mass is 287 g/mol. The predicted octanol–water partition coefficient (Wildman–Crippen LogP) is 1.60. The minimum Gasteiger partial charge on any atom is -0.478 e. The van der Waals surface area contributed by atoms with Crippen molar-refractivity contribution in [3.8, 4) is 0 Å². The fourth-order valence-electron chi connectivity index (χ4n) is 1.77. The Bertz CT molecular complexity index is 639. The molecule has 1 atom stereocenters. The second-order valence-corrected chi connectivity index (χ2v) is 7.00. The number of carboxylic acid groups (broad SMARTS) is 1. The molecule has 1 aliphatic rings. The third kappa shape index (κ3) is 2.76. The molecule has 2 rings (SSSR count). The topological polar surface area (TPSA) is 83.5 Å². The van der Waals surface area contributed by atoms with Crippen LogP contribution in [0, 0.1) is 11.2 Å². The maximum atomic E-state index is 13.7. The van der Waals surface area contributed by atoms with E-state index in [0.29, 0.717) is 12.5 Å². The molecule has 0 amide bonds. The molecule has 104 valence electrons. The molecule has 7 heteroatoms. The summed E-state index contributed by atoms with van der Waals surface area (Å²) in [6.45, 7) is 3.81. The number of sulfonamides is 1. The van der Waals surface area contributed by atoms with Crippen LogP contribution in [0.3, 0.4) is 0 Å². The van der Waals surface area contributed by atoms with Gasteiger partial charge in [0.05, 0.1) is 5.56 Å². The average Bonchev–Trinajstić information content (AvgIpc) is 2.83. The van der Waals surface area contributed by atoms with Crippen LogP contribution in [0.4, 0.5) is 4.39 Å². The summed E-state index contributed by atoms with van der Waals surface area (Å²) in [6.07, 6.45) is 0.695. The third-order valence-electron chi connectivity index (χ3n) is 3.28. The molecule has 0 heterocycles. The summed E-state index contributed by atoms with van der Waals surface area (Å²) in [6, 6.07) is 2.53. The van der Waals surface area contributed by atoms with Gasteiger partial charge in [0, 0.05) is 6.04 Å². The molecular weight excluding hydrogens is 273 g/mol. The molecule has 5 nitrogen and oxygen atoms in total. The molecule has 2 N–H and O–H groups in total. The number of carboxylic acids is 1. The van der Waals surface area contributed by atoms with Gasteiger partial charge >= 0.3 is 5.97 Å². The molecule has 0 bridgehead atoms. The van der Waals surface area contributed by atoms with Crippen molar-refractivity contribution in [2.45, 2.75) is 31.2 Å². The number of aromatic carboxylic acids is 1. The van der Waals surface area contributed by atoms with Crippen molar-refractivity contribution in [1.29, 1.82) is 0 Å². The zero-order valence-electron chi connectivity index (χ0n) is 10.5. The number of carbonyl (C=O) groups is 1. The molecule has 1 aromatic rings. The third-order valence-corrected chi connectivity index (χ3v) is 4.78. The van der Waals surface area contributed by atoms with E-state index in [1.165, 1.54) is 0 Å². The summed E-state index contributed by atoms with van der Waals surface area (Å²) in [7, 11) is -3.96. The van der Waals surface area contributed by atoms with E-state index in [2.05, 4.69) is 4.72 Å². The standard InChI is InChI=1S/C12H14FNO4S/c1-12(2)6-10(12)14-19(17,18)9-4-3-7(11(15)16)5-8(9)13/h3-5,10,14H,6H2,1-2H3,(H,15,16). The average molecular weight is 287 g/mol. The van der Waals surface area contributed by atoms with Gasteiger partial charge in [0.15, 0.2) is 0 Å². The van der Waals surface area contributed by atoms with Crippen molar-refractivity contribution < 1.29 is 22.7 Å². The van der Waals surface area contributed by atoms with Crippen LogP contribution in [-0.2, 0) is 10.0 Å². The van der Waals surface area contributed by atoms with Crippen molar-refractivity contribution in [3.63, 3.8) is 0 Å². The highest BCUT2D eigenvalue weighted by atomic mass is 32.2. The van der Waals surface area contributed by atoms with Crippen molar-refractivity contribution in [1.82, 2.24) is 4.72 Å². The molecule has 0 radical (unpaired) electrons. The van der Waals surface area contributed by atoms with E-state index >= 15 is 0 Å². The van der Waals surface area contributed by atoms with Crippen LogP contribution in [0.5, 0.6) is 0 Å². The highest BCUT2D eigenvalue weighted by molar-refractivity contribution is 7.89. The molecule has 1 aromatic carbocycles. The van der Waals surface area contributed by atoms with Crippen molar-refractivity contribution in [3.05, 3.63) is 29.6 Å². The minimum absolute atomic E-state index is 0.120. The molecule has 1 aliphatic carbocycles. The second kappa shape index (κ2) is 4.28. The van der Waals surface area contributed by atoms with Gasteiger partial charge in [-0.05, 0) is 30.0 Å². The smallest absolute Gasteiger partial charge is 0.335 e. The van der Waals surface area contributed by atoms with Gasteiger partial charge in [0.2, 0.25) is 10.0 Å². The van der Waals surface area contributed by atoms with E-state index in [1.54, 1.807) is 0 Å². The van der Waals surface area contributed by atoms with Gasteiger partial charge in [-0.1, -0.05) is 13.8 Å². The lowest BCUT2D eigenvalue weighted by Gasteiger charge is -2.09. The summed E-state index contributed by atoms with van der Waals surface area (Å²) in [4.78, 5) is 10.1. The normalized spacial score (nSPS) is 21.1. The number of rotatable bonds is 4. The Morgan fingerprint density at radius 2 is 2.05 bits per heavy atom. The van der Waals surface area contributed by atoms with Crippen molar-refractivity contribution in [2.75, 3.05) is 0 Å². The van der Waals surface area contributed by atoms with E-state index in [9.17, 15) is 17.6 Å². The fourth-order valence-corrected chi connectivity index (χ4v) is 3.24. The lowest BCUT2D eigenvalue weighted by Crippen LogP contribution is -2.29. The molecule has 1 unspecified atom stereocenters. The van der Waals surface area contributed by atoms with Gasteiger partial charge in [-0.2, -0.15) is 0 Å². The quantitative estimate of drug-likeness (QED) is 0.881. The predicted molar refractivity (Wildman–Crippen MR) is 65.9 cm³/mol. The van der Waals surface area contributed by atoms with Gasteiger partial charge in [-0.25, -0.2) is 22.3 Å². The van der Waals surface area contributed by atoms with E-state index in [4.69, 9.17) is 5.11 Å². The number of hydrogen-bond donors (Lipinski definition) is 2. The highest BCUT2D eigenvalue weighted by Crippen LogP contribution is 2.45. The van der Waals surface area contributed by atoms with E-state index < -0.39 is 26.7 Å². The summed E-state index contributed by atoms with van der Waals surface area (Å²) in [5, 5.41) is 8.70. The van der Waals surface area contributed by atoms with Gasteiger partial charge in [-0.15, -0.1) is 0 Å². The second-order valence-electron chi connectivity index (χ2n) is 5.32. The molecular formula is C12H14FNO4S. The van der Waals surface area contributed by atoms with Crippen LogP contribution in [-0.4, -0.2) is 25.5 Å². The summed E-state index contributed by atoms with van der Waals surface area (Å²) in [5.74, 6) is -2.37. The number of halogens is 1. The van der Waals surface area contributed by atoms with Gasteiger partial charge in [-0.3, -0.25) is 0 Å². The first-order valence-electron chi connectivity index (χ1n) is 5.69. The Labute approximate surface area is 110 Å². The minimum atomic E-state index is -3.96. The Morgan fingerprint density at radius 3 is 2.47 bits per heavy atom. The lowest BCUT2D eigenvalue weighted by atomic mass is 10.2. The molecule has 0 aromatic heterocycles. The zero-order valence-corrected chi connectivity index (χ0v) is 11.3. The van der Waals surface area contributed by atoms with E-state index in [1.807, 2.05) is 13.8 Å². The Hall–Kier alpha value is -1.47. The molecule has 0 saturated heterocycles. The van der Waals surface area contributed by atoms with Crippen molar-refractivity contribution >= 4 is 16.0 Å². The van der Waals surface area contributed by atoms with E-state index in [-0.39, 0.29) is 17.0 Å². The summed E-state index contributed by atoms with van der Waals surface area (Å²) < 4.78 is 40.0. The highest BCUT2D eigenvalue weighted by Gasteiger charge is 2.48. The van der Waals surface area contributed by atoms with Gasteiger partial charge < -0.3 is 5.11 Å². The zero-order chi connectivity index (χ0) is 14.4. The summed E-state index contributed by atoms with van der Waals surface area (Å²) >= 11 is 0. The van der Waals surface area contributed by atoms with Crippen LogP contribution in [0.2, 0.25) is 0 Å². The Morgan fingerprint density at radius 1 is 1.47 bits per heavy atom. The van der Waals surface area contributed by atoms with Crippen molar-refractivity contribution in [2.24, 2.45) is 5.41 Å². The maximum absolute atomic E-state index is 13.7. The van der Waals surface area contributed by atoms with Crippen LogP contribution in [0.1, 0.15) is 30.6 Å². The molecule has 0 aliphatic heterocycles. The first-order chi connectivity index (χ1) is 8.63. The van der Waals surface area contributed by atoms with E-state index in [0.717, 1.165) is 12.1 Å². The van der Waals surface area contributed by atoms with Crippen LogP contribution < -0.4 is 4.72 Å². The lowest BCUT2D eigenvalue weighted by molar-refractivity contribution is 0.0696. The SMILES string of the molecule is CC1(C)CC1NS(=O)(=O)c1ccc(C(=O)O)cc1F. The Balaban J connectivity index is 2.28. The molecule has 1 saturated carbocycles. The van der Waals surface area contributed by atoms with Crippen LogP contribution in [0.15, 0.2) is 23.1 Å². The Kier molecular flexibility index (Phi) is 3.14. The first kappa shape index (κ1) is 14.0. The maximum Gasteiger partial charge on any atom is 0.335 e. The van der Waals surface area contributed by atoms with Gasteiger partial charge in [0.1, 0.15) is 10.7 Å². The molecule has 1 fully saturated rings. The van der Waals surface area contributed by atoms with Crippen LogP contribution >= 0.6 is 0 Å². The van der Waals surface area contributed by atoms with Gasteiger partial charge in [0.25, 0.3) is 0 Å². The fraction of sp³-hybridized carbons (Fsp3) is 0.417.